The summed E-state index contributed by atoms with van der Waals surface area (Å²) in [5.74, 6) is 2.19. The maximum absolute atomic E-state index is 4.72. The van der Waals surface area contributed by atoms with Crippen LogP contribution in [0.4, 0.5) is 0 Å². The molecule has 1 aliphatic heterocycles. The second-order valence-corrected chi connectivity index (χ2v) is 7.41. The van der Waals surface area contributed by atoms with Crippen LogP contribution in [0.25, 0.3) is 0 Å². The average Bonchev–Trinajstić information content (AvgIpc) is 2.38. The lowest BCUT2D eigenvalue weighted by atomic mass is 9.86. The van der Waals surface area contributed by atoms with Crippen LogP contribution in [0, 0.1) is 5.92 Å². The Balaban J connectivity index is 1.76. The first-order valence-electron chi connectivity index (χ1n) is 6.76. The molecule has 2 aliphatic rings. The molecule has 3 atom stereocenters. The molecule has 0 radical (unpaired) electrons. The summed E-state index contributed by atoms with van der Waals surface area (Å²) in [6, 6.07) is 0.724. The summed E-state index contributed by atoms with van der Waals surface area (Å²) >= 11 is 3.87. The molecule has 2 fully saturated rings. The fourth-order valence-corrected chi connectivity index (χ4v) is 4.07. The molecule has 98 valence electrons. The highest BCUT2D eigenvalue weighted by atomic mass is 32.2. The minimum absolute atomic E-state index is 0.724. The van der Waals surface area contributed by atoms with Crippen molar-refractivity contribution in [1.82, 2.24) is 5.32 Å². The van der Waals surface area contributed by atoms with Gasteiger partial charge in [0.15, 0.2) is 5.17 Å². The molecule has 2 nitrogen and oxygen atoms in total. The summed E-state index contributed by atoms with van der Waals surface area (Å²) in [7, 11) is 0. The molecule has 1 heterocycles. The van der Waals surface area contributed by atoms with Crippen LogP contribution < -0.4 is 5.32 Å². The van der Waals surface area contributed by atoms with Crippen LogP contribution in [0.2, 0.25) is 0 Å². The summed E-state index contributed by atoms with van der Waals surface area (Å²) in [4.78, 5) is 4.72. The van der Waals surface area contributed by atoms with E-state index < -0.39 is 0 Å². The molecule has 17 heavy (non-hydrogen) atoms. The van der Waals surface area contributed by atoms with E-state index >= 15 is 0 Å². The Labute approximate surface area is 114 Å². The largest absolute Gasteiger partial charge is 0.362 e. The Hall–Kier alpha value is 0.170. The number of aliphatic imine (C=N–C) groups is 1. The molecule has 4 heteroatoms. The minimum Gasteiger partial charge on any atom is -0.362 e. The van der Waals surface area contributed by atoms with Gasteiger partial charge >= 0.3 is 0 Å². The molecule has 1 saturated carbocycles. The van der Waals surface area contributed by atoms with E-state index in [2.05, 4.69) is 18.5 Å². The first-order chi connectivity index (χ1) is 8.29. The predicted octanol–water partition coefficient (Wildman–Crippen LogP) is 3.38. The molecule has 0 spiro atoms. The topological polar surface area (TPSA) is 24.4 Å². The Morgan fingerprint density at radius 2 is 2.29 bits per heavy atom. The van der Waals surface area contributed by atoms with Crippen LogP contribution >= 0.6 is 23.5 Å². The summed E-state index contributed by atoms with van der Waals surface area (Å²) in [5.41, 5.74) is 0. The van der Waals surface area contributed by atoms with Gasteiger partial charge in [-0.2, -0.15) is 11.8 Å². The number of thioether (sulfide) groups is 2. The van der Waals surface area contributed by atoms with Gasteiger partial charge in [0.05, 0.1) is 0 Å². The third-order valence-electron chi connectivity index (χ3n) is 3.85. The lowest BCUT2D eigenvalue weighted by Crippen LogP contribution is -2.46. The third-order valence-corrected chi connectivity index (χ3v) is 6.00. The Morgan fingerprint density at radius 1 is 1.47 bits per heavy atom. The van der Waals surface area contributed by atoms with Gasteiger partial charge in [-0.1, -0.05) is 31.5 Å². The number of amidine groups is 1. The van der Waals surface area contributed by atoms with Gasteiger partial charge in [0.25, 0.3) is 0 Å². The van der Waals surface area contributed by atoms with Crippen LogP contribution in [0.3, 0.4) is 0 Å². The lowest BCUT2D eigenvalue weighted by Gasteiger charge is -2.36. The highest BCUT2D eigenvalue weighted by molar-refractivity contribution is 8.13. The first kappa shape index (κ1) is 13.6. The fourth-order valence-electron chi connectivity index (χ4n) is 2.54. The zero-order valence-corrected chi connectivity index (χ0v) is 12.6. The van der Waals surface area contributed by atoms with E-state index in [4.69, 9.17) is 4.99 Å². The second kappa shape index (κ2) is 6.93. The van der Waals surface area contributed by atoms with Crippen molar-refractivity contribution >= 4 is 28.7 Å². The number of nitrogens with one attached hydrogen (secondary N) is 1. The number of hydrogen-bond donors (Lipinski definition) is 1. The van der Waals surface area contributed by atoms with Gasteiger partial charge in [-0.3, -0.25) is 4.99 Å². The molecule has 3 unspecified atom stereocenters. The van der Waals surface area contributed by atoms with Gasteiger partial charge < -0.3 is 5.32 Å². The fraction of sp³-hybridized carbons (Fsp3) is 0.923. The SMILES string of the molecule is CSC(C)CCN=C1NC2CCCCC2CS1. The van der Waals surface area contributed by atoms with Crippen LogP contribution in [-0.2, 0) is 0 Å². The Morgan fingerprint density at radius 3 is 3.12 bits per heavy atom. The highest BCUT2D eigenvalue weighted by Gasteiger charge is 2.29. The maximum atomic E-state index is 4.72. The Bertz CT molecular complexity index is 268. The van der Waals surface area contributed by atoms with Crippen molar-refractivity contribution in [2.75, 3.05) is 18.6 Å². The van der Waals surface area contributed by atoms with E-state index in [1.807, 2.05) is 23.5 Å². The van der Waals surface area contributed by atoms with Crippen LogP contribution in [0.5, 0.6) is 0 Å². The van der Waals surface area contributed by atoms with E-state index in [1.54, 1.807) is 0 Å². The van der Waals surface area contributed by atoms with E-state index in [0.29, 0.717) is 0 Å². The lowest BCUT2D eigenvalue weighted by molar-refractivity contribution is 0.311. The predicted molar refractivity (Wildman–Crippen MR) is 81.2 cm³/mol. The first-order valence-corrected chi connectivity index (χ1v) is 9.03. The van der Waals surface area contributed by atoms with Gasteiger partial charge in [-0.05, 0) is 31.4 Å². The van der Waals surface area contributed by atoms with E-state index in [-0.39, 0.29) is 0 Å². The van der Waals surface area contributed by atoms with Crippen molar-refractivity contribution in [3.8, 4) is 0 Å². The van der Waals surface area contributed by atoms with Crippen LogP contribution in [0.1, 0.15) is 39.0 Å². The quantitative estimate of drug-likeness (QED) is 0.849. The van der Waals surface area contributed by atoms with Gasteiger partial charge in [-0.15, -0.1) is 0 Å². The van der Waals surface area contributed by atoms with Gasteiger partial charge in [-0.25, -0.2) is 0 Å². The summed E-state index contributed by atoms with van der Waals surface area (Å²) in [6.07, 6.45) is 8.97. The van der Waals surface area contributed by atoms with E-state index in [1.165, 1.54) is 43.0 Å². The van der Waals surface area contributed by atoms with Crippen LogP contribution in [0.15, 0.2) is 4.99 Å². The smallest absolute Gasteiger partial charge is 0.156 e. The molecular weight excluding hydrogens is 248 g/mol. The summed E-state index contributed by atoms with van der Waals surface area (Å²) < 4.78 is 0. The standard InChI is InChI=1S/C13H24N2S2/c1-10(16-2)7-8-14-13-15-12-6-4-3-5-11(12)9-17-13/h10-12H,3-9H2,1-2H3,(H,14,15). The number of nitrogens with zero attached hydrogens (tertiary/aromatic N) is 1. The molecule has 0 aromatic carbocycles. The third kappa shape index (κ3) is 4.09. The van der Waals surface area contributed by atoms with Gasteiger partial charge in [0.2, 0.25) is 0 Å². The van der Waals surface area contributed by atoms with Crippen molar-refractivity contribution < 1.29 is 0 Å². The molecule has 0 aromatic rings. The highest BCUT2D eigenvalue weighted by Crippen LogP contribution is 2.31. The van der Waals surface area contributed by atoms with Gasteiger partial charge in [0.1, 0.15) is 0 Å². The molecule has 2 rings (SSSR count). The molecular formula is C13H24N2S2. The average molecular weight is 272 g/mol. The minimum atomic E-state index is 0.724. The Kier molecular flexibility index (Phi) is 5.54. The maximum Gasteiger partial charge on any atom is 0.156 e. The molecule has 0 amide bonds. The van der Waals surface area contributed by atoms with Crippen molar-refractivity contribution in [3.63, 3.8) is 0 Å². The van der Waals surface area contributed by atoms with Crippen molar-refractivity contribution in [2.24, 2.45) is 10.9 Å². The monoisotopic (exact) mass is 272 g/mol. The normalized spacial score (nSPS) is 32.9. The molecule has 1 aliphatic carbocycles. The second-order valence-electron chi connectivity index (χ2n) is 5.13. The number of hydrogen-bond acceptors (Lipinski definition) is 3. The van der Waals surface area contributed by atoms with Gasteiger partial charge in [0, 0.05) is 23.6 Å². The molecule has 0 aromatic heterocycles. The molecule has 0 bridgehead atoms. The number of fused-ring (bicyclic) bond motifs is 1. The zero-order valence-electron chi connectivity index (χ0n) is 10.9. The van der Waals surface area contributed by atoms with E-state index in [0.717, 1.165) is 23.8 Å². The summed E-state index contributed by atoms with van der Waals surface area (Å²) in [5, 5.41) is 5.59. The molecule has 1 saturated heterocycles. The van der Waals surface area contributed by atoms with Crippen LogP contribution in [-0.4, -0.2) is 35.0 Å². The summed E-state index contributed by atoms with van der Waals surface area (Å²) in [6.45, 7) is 3.26. The van der Waals surface area contributed by atoms with Crippen molar-refractivity contribution in [1.29, 1.82) is 0 Å². The zero-order chi connectivity index (χ0) is 12.1. The van der Waals surface area contributed by atoms with E-state index in [9.17, 15) is 0 Å². The molecule has 1 N–H and O–H groups in total. The number of rotatable bonds is 4. The van der Waals surface area contributed by atoms with Crippen molar-refractivity contribution in [3.05, 3.63) is 0 Å². The van der Waals surface area contributed by atoms with Crippen molar-refractivity contribution in [2.45, 2.75) is 50.3 Å².